The normalized spacial score (nSPS) is 11.9. The van der Waals surface area contributed by atoms with Gasteiger partial charge in [0.05, 0.1) is 5.75 Å². The van der Waals surface area contributed by atoms with Crippen molar-refractivity contribution in [1.29, 1.82) is 0 Å². The largest absolute Gasteiger partial charge is 0.357 e. The molecule has 0 saturated heterocycles. The molecular weight excluding hydrogens is 415 g/mol. The molecule has 0 amide bonds. The van der Waals surface area contributed by atoms with Gasteiger partial charge < -0.3 is 10.6 Å². The van der Waals surface area contributed by atoms with Crippen LogP contribution in [0.25, 0.3) is 0 Å². The molecule has 0 aromatic rings. The Bertz CT molecular complexity index is 375. The van der Waals surface area contributed by atoms with E-state index < -0.39 is 10.0 Å². The van der Waals surface area contributed by atoms with E-state index >= 15 is 0 Å². The van der Waals surface area contributed by atoms with Gasteiger partial charge in [-0.25, -0.2) is 13.1 Å². The Morgan fingerprint density at radius 2 is 1.68 bits per heavy atom. The van der Waals surface area contributed by atoms with Gasteiger partial charge in [0.15, 0.2) is 5.96 Å². The summed E-state index contributed by atoms with van der Waals surface area (Å²) in [5, 5.41) is 6.49. The highest BCUT2D eigenvalue weighted by molar-refractivity contribution is 14.0. The van der Waals surface area contributed by atoms with Crippen molar-refractivity contribution in [3.63, 3.8) is 0 Å². The first-order valence-electron chi connectivity index (χ1n) is 8.05. The summed E-state index contributed by atoms with van der Waals surface area (Å²) in [4.78, 5) is 4.44. The van der Waals surface area contributed by atoms with E-state index in [1.165, 1.54) is 19.3 Å². The van der Waals surface area contributed by atoms with Crippen LogP contribution in [0.3, 0.4) is 0 Å². The number of nitrogens with one attached hydrogen (secondary N) is 3. The molecule has 22 heavy (non-hydrogen) atoms. The van der Waals surface area contributed by atoms with Crippen molar-refractivity contribution in [1.82, 2.24) is 15.4 Å². The third-order valence-corrected chi connectivity index (χ3v) is 4.38. The molecule has 6 nitrogen and oxygen atoms in total. The van der Waals surface area contributed by atoms with Gasteiger partial charge in [-0.3, -0.25) is 4.99 Å². The van der Waals surface area contributed by atoms with E-state index in [9.17, 15) is 8.42 Å². The van der Waals surface area contributed by atoms with Gasteiger partial charge in [0.25, 0.3) is 0 Å². The monoisotopic (exact) mass is 448 g/mol. The SMILES string of the molecule is CCCCCCNC(=NCCCNS(=O)(=O)CC)NCC.I. The second-order valence-electron chi connectivity index (χ2n) is 4.90. The smallest absolute Gasteiger partial charge is 0.211 e. The Morgan fingerprint density at radius 3 is 2.27 bits per heavy atom. The van der Waals surface area contributed by atoms with Crippen molar-refractivity contribution in [2.75, 3.05) is 31.9 Å². The van der Waals surface area contributed by atoms with Gasteiger partial charge in [0, 0.05) is 26.2 Å². The Kier molecular flexibility index (Phi) is 17.3. The standard InChI is InChI=1S/C14H32N4O2S.HI/c1-4-7-8-9-11-16-14(15-5-2)17-12-10-13-18-21(19,20)6-3;/h18H,4-13H2,1-3H3,(H2,15,16,17);1H. The fourth-order valence-electron chi connectivity index (χ4n) is 1.70. The van der Waals surface area contributed by atoms with Crippen LogP contribution in [0.5, 0.6) is 0 Å². The predicted molar refractivity (Wildman–Crippen MR) is 106 cm³/mol. The number of guanidine groups is 1. The van der Waals surface area contributed by atoms with Crippen LogP contribution in [-0.4, -0.2) is 46.3 Å². The molecule has 0 aromatic carbocycles. The van der Waals surface area contributed by atoms with E-state index in [4.69, 9.17) is 0 Å². The van der Waals surface area contributed by atoms with Gasteiger partial charge in [0.1, 0.15) is 0 Å². The summed E-state index contributed by atoms with van der Waals surface area (Å²) in [6.07, 6.45) is 5.59. The average Bonchev–Trinajstić information content (AvgIpc) is 2.46. The number of halogens is 1. The fourth-order valence-corrected chi connectivity index (χ4v) is 2.36. The third-order valence-electron chi connectivity index (χ3n) is 2.97. The summed E-state index contributed by atoms with van der Waals surface area (Å²) in [5.41, 5.74) is 0. The van der Waals surface area contributed by atoms with Crippen LogP contribution in [-0.2, 0) is 10.0 Å². The summed E-state index contributed by atoms with van der Waals surface area (Å²) in [7, 11) is -3.08. The summed E-state index contributed by atoms with van der Waals surface area (Å²) < 4.78 is 25.1. The lowest BCUT2D eigenvalue weighted by Gasteiger charge is -2.11. The Hall–Kier alpha value is -0.0900. The molecule has 0 fully saturated rings. The van der Waals surface area contributed by atoms with Gasteiger partial charge in [-0.05, 0) is 26.7 Å². The van der Waals surface area contributed by atoms with Crippen molar-refractivity contribution in [2.24, 2.45) is 4.99 Å². The molecular formula is C14H33IN4O2S. The molecule has 0 aliphatic carbocycles. The zero-order valence-corrected chi connectivity index (χ0v) is 17.3. The fraction of sp³-hybridized carbons (Fsp3) is 0.929. The highest BCUT2D eigenvalue weighted by Gasteiger charge is 2.04. The quantitative estimate of drug-likeness (QED) is 0.185. The summed E-state index contributed by atoms with van der Waals surface area (Å²) in [6.45, 7) is 8.66. The van der Waals surface area contributed by atoms with Crippen molar-refractivity contribution in [2.45, 2.75) is 52.9 Å². The lowest BCUT2D eigenvalue weighted by molar-refractivity contribution is 0.581. The molecule has 0 atom stereocenters. The first-order chi connectivity index (χ1) is 10.1. The van der Waals surface area contributed by atoms with Gasteiger partial charge in [-0.2, -0.15) is 0 Å². The molecule has 0 heterocycles. The van der Waals surface area contributed by atoms with E-state index in [0.717, 1.165) is 25.5 Å². The van der Waals surface area contributed by atoms with Crippen molar-refractivity contribution in [3.8, 4) is 0 Å². The highest BCUT2D eigenvalue weighted by Crippen LogP contribution is 1.96. The zero-order chi connectivity index (χ0) is 16.0. The summed E-state index contributed by atoms with van der Waals surface area (Å²) in [6, 6.07) is 0. The van der Waals surface area contributed by atoms with Crippen molar-refractivity contribution in [3.05, 3.63) is 0 Å². The predicted octanol–water partition coefficient (Wildman–Crippen LogP) is 2.07. The van der Waals surface area contributed by atoms with Gasteiger partial charge in [0.2, 0.25) is 10.0 Å². The van der Waals surface area contributed by atoms with Crippen LogP contribution in [0.2, 0.25) is 0 Å². The first-order valence-corrected chi connectivity index (χ1v) is 9.70. The molecule has 0 aliphatic rings. The molecule has 0 radical (unpaired) electrons. The van der Waals surface area contributed by atoms with Gasteiger partial charge >= 0.3 is 0 Å². The van der Waals surface area contributed by atoms with Crippen LogP contribution < -0.4 is 15.4 Å². The van der Waals surface area contributed by atoms with Crippen LogP contribution in [0.1, 0.15) is 52.9 Å². The van der Waals surface area contributed by atoms with Crippen LogP contribution in [0, 0.1) is 0 Å². The molecule has 0 bridgehead atoms. The summed E-state index contributed by atoms with van der Waals surface area (Å²) >= 11 is 0. The Labute approximate surface area is 153 Å². The zero-order valence-electron chi connectivity index (χ0n) is 14.2. The summed E-state index contributed by atoms with van der Waals surface area (Å²) in [5.74, 6) is 0.936. The Morgan fingerprint density at radius 1 is 0.955 bits per heavy atom. The first kappa shape index (κ1) is 24.2. The van der Waals surface area contributed by atoms with Crippen LogP contribution in [0.15, 0.2) is 4.99 Å². The Balaban J connectivity index is 0. The molecule has 0 aliphatic heterocycles. The minimum absolute atomic E-state index is 0. The molecule has 3 N–H and O–H groups in total. The average molecular weight is 448 g/mol. The number of sulfonamides is 1. The minimum atomic E-state index is -3.08. The minimum Gasteiger partial charge on any atom is -0.357 e. The van der Waals surface area contributed by atoms with Crippen molar-refractivity contribution < 1.29 is 8.42 Å². The number of aliphatic imine (C=N–C) groups is 1. The maximum absolute atomic E-state index is 11.3. The van der Waals surface area contributed by atoms with Crippen molar-refractivity contribution >= 4 is 40.0 Å². The molecule has 0 spiro atoms. The molecule has 8 heteroatoms. The number of nitrogens with zero attached hydrogens (tertiary/aromatic N) is 1. The second kappa shape index (κ2) is 15.8. The van der Waals surface area contributed by atoms with E-state index in [1.807, 2.05) is 6.92 Å². The maximum atomic E-state index is 11.3. The topological polar surface area (TPSA) is 82.6 Å². The molecule has 0 aromatic heterocycles. The van der Waals surface area contributed by atoms with Crippen LogP contribution in [0.4, 0.5) is 0 Å². The highest BCUT2D eigenvalue weighted by atomic mass is 127. The lowest BCUT2D eigenvalue weighted by atomic mass is 10.2. The molecule has 0 saturated carbocycles. The maximum Gasteiger partial charge on any atom is 0.211 e. The van der Waals surface area contributed by atoms with E-state index in [2.05, 4.69) is 27.3 Å². The van der Waals surface area contributed by atoms with E-state index in [1.54, 1.807) is 6.92 Å². The second-order valence-corrected chi connectivity index (χ2v) is 6.99. The number of hydrogen-bond donors (Lipinski definition) is 3. The molecule has 134 valence electrons. The number of rotatable bonds is 12. The van der Waals surface area contributed by atoms with Gasteiger partial charge in [-0.1, -0.05) is 26.2 Å². The van der Waals surface area contributed by atoms with Gasteiger partial charge in [-0.15, -0.1) is 24.0 Å². The third kappa shape index (κ3) is 14.8. The number of hydrogen-bond acceptors (Lipinski definition) is 3. The van der Waals surface area contributed by atoms with Crippen LogP contribution >= 0.6 is 24.0 Å². The lowest BCUT2D eigenvalue weighted by Crippen LogP contribution is -2.38. The van der Waals surface area contributed by atoms with E-state index in [0.29, 0.717) is 19.5 Å². The molecule has 0 unspecified atom stereocenters. The number of unbranched alkanes of at least 4 members (excludes halogenated alkanes) is 3. The van der Waals surface area contributed by atoms with E-state index in [-0.39, 0.29) is 29.7 Å². The molecule has 0 rings (SSSR count).